The molecule has 1 N–H and O–H groups in total. The lowest BCUT2D eigenvalue weighted by molar-refractivity contribution is -0.125. The highest BCUT2D eigenvalue weighted by Crippen LogP contribution is 2.25. The standard InChI is InChI=1S/C24H22ClN3O6S/c25-22-20(10-5-11-26-22)24(30)34-21(17-6-2-1-3-7-17)23(29)27-18-8-4-9-19(16-18)35(31,32)28-12-14-33-15-13-28/h1-11,16,21H,12-15H2,(H,27,29)/t21-/m0/s1. The molecule has 1 amide bonds. The molecule has 0 radical (unpaired) electrons. The lowest BCUT2D eigenvalue weighted by Crippen LogP contribution is -2.40. The Bertz CT molecular complexity index is 1310. The maximum atomic E-state index is 13.2. The first kappa shape index (κ1) is 24.8. The van der Waals surface area contributed by atoms with E-state index in [4.69, 9.17) is 21.1 Å². The Labute approximate surface area is 207 Å². The van der Waals surface area contributed by atoms with Gasteiger partial charge in [0, 0.05) is 30.5 Å². The Morgan fingerprint density at radius 2 is 1.77 bits per heavy atom. The van der Waals surface area contributed by atoms with Gasteiger partial charge in [0.1, 0.15) is 5.15 Å². The minimum absolute atomic E-state index is 0.0153. The smallest absolute Gasteiger partial charge is 0.342 e. The van der Waals surface area contributed by atoms with Crippen LogP contribution in [0.5, 0.6) is 0 Å². The Hall–Kier alpha value is -3.31. The first-order valence-corrected chi connectivity index (χ1v) is 12.5. The normalized spacial score (nSPS) is 15.2. The number of halogens is 1. The van der Waals surface area contributed by atoms with Crippen LogP contribution in [0.25, 0.3) is 0 Å². The fraction of sp³-hybridized carbons (Fsp3) is 0.208. The van der Waals surface area contributed by atoms with E-state index in [0.717, 1.165) is 0 Å². The van der Waals surface area contributed by atoms with Crippen molar-refractivity contribution in [1.29, 1.82) is 0 Å². The SMILES string of the molecule is O=C(O[C@H](C(=O)Nc1cccc(S(=O)(=O)N2CCOCC2)c1)c1ccccc1)c1cccnc1Cl. The number of nitrogens with one attached hydrogen (secondary N) is 1. The zero-order valence-electron chi connectivity index (χ0n) is 18.5. The molecule has 0 spiro atoms. The molecule has 4 rings (SSSR count). The van der Waals surface area contributed by atoms with Crippen LogP contribution in [0.4, 0.5) is 5.69 Å². The number of benzene rings is 2. The summed E-state index contributed by atoms with van der Waals surface area (Å²) in [5.41, 5.74) is 0.678. The van der Waals surface area contributed by atoms with Crippen molar-refractivity contribution >= 4 is 39.2 Å². The molecule has 0 bridgehead atoms. The van der Waals surface area contributed by atoms with Gasteiger partial charge in [-0.1, -0.05) is 48.0 Å². The number of hydrogen-bond donors (Lipinski definition) is 1. The number of pyridine rings is 1. The molecule has 0 unspecified atom stereocenters. The third-order valence-corrected chi connectivity index (χ3v) is 7.45. The summed E-state index contributed by atoms with van der Waals surface area (Å²) >= 11 is 6.00. The second-order valence-electron chi connectivity index (χ2n) is 7.57. The summed E-state index contributed by atoms with van der Waals surface area (Å²) in [5, 5.41) is 2.60. The van der Waals surface area contributed by atoms with Gasteiger partial charge < -0.3 is 14.8 Å². The van der Waals surface area contributed by atoms with Crippen LogP contribution in [-0.2, 0) is 24.3 Å². The zero-order chi connectivity index (χ0) is 24.8. The van der Waals surface area contributed by atoms with Gasteiger partial charge in [0.25, 0.3) is 5.91 Å². The number of carbonyl (C=O) groups excluding carboxylic acids is 2. The van der Waals surface area contributed by atoms with Gasteiger partial charge in [0.2, 0.25) is 16.1 Å². The van der Waals surface area contributed by atoms with Gasteiger partial charge in [0.15, 0.2) is 0 Å². The van der Waals surface area contributed by atoms with E-state index in [1.807, 2.05) is 0 Å². The number of esters is 1. The van der Waals surface area contributed by atoms with Crippen LogP contribution in [0.2, 0.25) is 5.15 Å². The Balaban J connectivity index is 1.57. The monoisotopic (exact) mass is 515 g/mol. The number of rotatable bonds is 7. The quantitative estimate of drug-likeness (QED) is 0.379. The highest BCUT2D eigenvalue weighted by atomic mass is 35.5. The fourth-order valence-electron chi connectivity index (χ4n) is 3.49. The third-order valence-electron chi connectivity index (χ3n) is 5.25. The lowest BCUT2D eigenvalue weighted by Gasteiger charge is -2.26. The highest BCUT2D eigenvalue weighted by Gasteiger charge is 2.29. The fourth-order valence-corrected chi connectivity index (χ4v) is 5.14. The summed E-state index contributed by atoms with van der Waals surface area (Å²) < 4.78 is 38.1. The second-order valence-corrected chi connectivity index (χ2v) is 9.87. The van der Waals surface area contributed by atoms with Crippen LogP contribution in [0.15, 0.2) is 77.8 Å². The molecule has 182 valence electrons. The van der Waals surface area contributed by atoms with Crippen LogP contribution in [0.1, 0.15) is 22.0 Å². The number of hydrogen-bond acceptors (Lipinski definition) is 7. The van der Waals surface area contributed by atoms with Gasteiger partial charge in [-0.2, -0.15) is 4.31 Å². The minimum atomic E-state index is -3.76. The van der Waals surface area contributed by atoms with Gasteiger partial charge in [-0.3, -0.25) is 4.79 Å². The molecule has 1 aromatic heterocycles. The van der Waals surface area contributed by atoms with Crippen LogP contribution in [0.3, 0.4) is 0 Å². The molecule has 1 atom stereocenters. The van der Waals surface area contributed by atoms with E-state index in [1.54, 1.807) is 36.4 Å². The average Bonchev–Trinajstić information content (AvgIpc) is 2.88. The summed E-state index contributed by atoms with van der Waals surface area (Å²) in [6.07, 6.45) is 0.109. The lowest BCUT2D eigenvalue weighted by atomic mass is 10.1. The summed E-state index contributed by atoms with van der Waals surface area (Å²) in [5.74, 6) is -1.48. The predicted molar refractivity (Wildman–Crippen MR) is 128 cm³/mol. The molecule has 3 aromatic rings. The Morgan fingerprint density at radius 3 is 2.49 bits per heavy atom. The van der Waals surface area contributed by atoms with E-state index in [1.165, 1.54) is 40.8 Å². The molecule has 1 aliphatic heterocycles. The van der Waals surface area contributed by atoms with Crippen molar-refractivity contribution < 1.29 is 27.5 Å². The molecule has 0 saturated carbocycles. The van der Waals surface area contributed by atoms with Crippen molar-refractivity contribution in [1.82, 2.24) is 9.29 Å². The second kappa shape index (κ2) is 11.0. The van der Waals surface area contributed by atoms with Crippen LogP contribution < -0.4 is 5.32 Å². The maximum absolute atomic E-state index is 13.2. The topological polar surface area (TPSA) is 115 Å². The van der Waals surface area contributed by atoms with Gasteiger partial charge in [-0.15, -0.1) is 0 Å². The zero-order valence-corrected chi connectivity index (χ0v) is 20.0. The molecule has 1 fully saturated rings. The molecule has 2 aromatic carbocycles. The van der Waals surface area contributed by atoms with E-state index >= 15 is 0 Å². The molecule has 11 heteroatoms. The average molecular weight is 516 g/mol. The van der Waals surface area contributed by atoms with E-state index in [0.29, 0.717) is 18.8 Å². The number of amides is 1. The van der Waals surface area contributed by atoms with Crippen molar-refractivity contribution in [3.05, 3.63) is 89.2 Å². The molecular formula is C24H22ClN3O6S. The molecule has 2 heterocycles. The van der Waals surface area contributed by atoms with Crippen molar-refractivity contribution in [3.63, 3.8) is 0 Å². The molecule has 1 aliphatic rings. The Morgan fingerprint density at radius 1 is 1.03 bits per heavy atom. The number of anilines is 1. The van der Waals surface area contributed by atoms with Crippen molar-refractivity contribution in [2.45, 2.75) is 11.0 Å². The van der Waals surface area contributed by atoms with E-state index in [-0.39, 0.29) is 34.4 Å². The number of nitrogens with zero attached hydrogens (tertiary/aromatic N) is 2. The molecular weight excluding hydrogens is 494 g/mol. The van der Waals surface area contributed by atoms with Crippen molar-refractivity contribution in [2.75, 3.05) is 31.6 Å². The van der Waals surface area contributed by atoms with Crippen LogP contribution in [-0.4, -0.2) is 55.9 Å². The molecule has 1 saturated heterocycles. The van der Waals surface area contributed by atoms with Gasteiger partial charge >= 0.3 is 5.97 Å². The first-order valence-electron chi connectivity index (χ1n) is 10.7. The van der Waals surface area contributed by atoms with Gasteiger partial charge in [-0.05, 0) is 30.3 Å². The summed E-state index contributed by atoms with van der Waals surface area (Å²) in [6, 6.07) is 17.3. The van der Waals surface area contributed by atoms with Gasteiger partial charge in [-0.25, -0.2) is 18.2 Å². The van der Waals surface area contributed by atoms with E-state index in [9.17, 15) is 18.0 Å². The number of ether oxygens (including phenoxy) is 2. The maximum Gasteiger partial charge on any atom is 0.342 e. The van der Waals surface area contributed by atoms with E-state index in [2.05, 4.69) is 10.3 Å². The number of sulfonamides is 1. The predicted octanol–water partition coefficient (Wildman–Crippen LogP) is 3.29. The molecule has 0 aliphatic carbocycles. The largest absolute Gasteiger partial charge is 0.444 e. The van der Waals surface area contributed by atoms with Crippen molar-refractivity contribution in [2.24, 2.45) is 0 Å². The Kier molecular flexibility index (Phi) is 7.76. The van der Waals surface area contributed by atoms with Crippen LogP contribution in [0, 0.1) is 0 Å². The van der Waals surface area contributed by atoms with E-state index < -0.39 is 28.0 Å². The number of aromatic nitrogens is 1. The van der Waals surface area contributed by atoms with Crippen LogP contribution >= 0.6 is 11.6 Å². The van der Waals surface area contributed by atoms with Gasteiger partial charge in [0.05, 0.1) is 23.7 Å². The summed E-state index contributed by atoms with van der Waals surface area (Å²) in [4.78, 5) is 29.9. The molecule has 9 nitrogen and oxygen atoms in total. The first-order chi connectivity index (χ1) is 16.9. The third kappa shape index (κ3) is 5.85. The highest BCUT2D eigenvalue weighted by molar-refractivity contribution is 7.89. The number of morpholine rings is 1. The minimum Gasteiger partial charge on any atom is -0.444 e. The summed E-state index contributed by atoms with van der Waals surface area (Å²) in [7, 11) is -3.76. The number of carbonyl (C=O) groups is 2. The van der Waals surface area contributed by atoms with Crippen molar-refractivity contribution in [3.8, 4) is 0 Å². The summed E-state index contributed by atoms with van der Waals surface area (Å²) in [6.45, 7) is 1.14. The molecule has 35 heavy (non-hydrogen) atoms.